The molecule has 0 aliphatic carbocycles. The van der Waals surface area contributed by atoms with Crippen LogP contribution in [0.25, 0.3) is 11.3 Å². The number of rotatable bonds is 3. The first-order chi connectivity index (χ1) is 8.93. The third-order valence-corrected chi connectivity index (χ3v) is 3.19. The predicted octanol–water partition coefficient (Wildman–Crippen LogP) is 1.54. The van der Waals surface area contributed by atoms with Gasteiger partial charge >= 0.3 is 0 Å². The van der Waals surface area contributed by atoms with Crippen molar-refractivity contribution < 1.29 is 4.74 Å². The highest BCUT2D eigenvalue weighted by molar-refractivity contribution is 5.58. The van der Waals surface area contributed by atoms with Crippen molar-refractivity contribution >= 4 is 0 Å². The number of hydrogen-bond acceptors (Lipinski definition) is 3. The number of aromatic nitrogens is 2. The summed E-state index contributed by atoms with van der Waals surface area (Å²) in [5.74, 6) is 0. The Morgan fingerprint density at radius 3 is 3.00 bits per heavy atom. The SMILES string of the molecule is c1ccc(-c2cncn2CC2CNCCO2)cc1. The smallest absolute Gasteiger partial charge is 0.0951 e. The average molecular weight is 243 g/mol. The van der Waals surface area contributed by atoms with Crippen molar-refractivity contribution in [3.8, 4) is 11.3 Å². The Kier molecular flexibility index (Phi) is 3.39. The number of benzene rings is 1. The number of nitrogens with one attached hydrogen (secondary N) is 1. The van der Waals surface area contributed by atoms with Gasteiger partial charge in [-0.15, -0.1) is 0 Å². The molecule has 1 saturated heterocycles. The van der Waals surface area contributed by atoms with E-state index in [0.29, 0.717) is 0 Å². The summed E-state index contributed by atoms with van der Waals surface area (Å²) in [6, 6.07) is 10.3. The number of hydrogen-bond donors (Lipinski definition) is 1. The fraction of sp³-hybridized carbons (Fsp3) is 0.357. The van der Waals surface area contributed by atoms with Crippen LogP contribution in [0.1, 0.15) is 0 Å². The summed E-state index contributed by atoms with van der Waals surface area (Å²) in [6.45, 7) is 3.50. The van der Waals surface area contributed by atoms with Crippen molar-refractivity contribution in [3.63, 3.8) is 0 Å². The van der Waals surface area contributed by atoms with Gasteiger partial charge in [0.15, 0.2) is 0 Å². The fourth-order valence-electron chi connectivity index (χ4n) is 2.27. The molecule has 0 saturated carbocycles. The zero-order valence-electron chi connectivity index (χ0n) is 10.2. The fourth-order valence-corrected chi connectivity index (χ4v) is 2.27. The third kappa shape index (κ3) is 2.44. The lowest BCUT2D eigenvalue weighted by molar-refractivity contribution is 0.0184. The minimum absolute atomic E-state index is 0.232. The van der Waals surface area contributed by atoms with Crippen LogP contribution in [0, 0.1) is 0 Å². The maximum Gasteiger partial charge on any atom is 0.0951 e. The van der Waals surface area contributed by atoms with Crippen LogP contribution in [0.2, 0.25) is 0 Å². The van der Waals surface area contributed by atoms with E-state index >= 15 is 0 Å². The summed E-state index contributed by atoms with van der Waals surface area (Å²) in [4.78, 5) is 4.25. The highest BCUT2D eigenvalue weighted by atomic mass is 16.5. The van der Waals surface area contributed by atoms with Gasteiger partial charge in [-0.3, -0.25) is 0 Å². The largest absolute Gasteiger partial charge is 0.374 e. The molecule has 0 bridgehead atoms. The van der Waals surface area contributed by atoms with E-state index in [9.17, 15) is 0 Å². The maximum absolute atomic E-state index is 5.73. The third-order valence-electron chi connectivity index (χ3n) is 3.19. The van der Waals surface area contributed by atoms with Gasteiger partial charge in [-0.2, -0.15) is 0 Å². The molecular formula is C14H17N3O. The molecule has 1 fully saturated rings. The Morgan fingerprint density at radius 2 is 2.22 bits per heavy atom. The molecule has 1 aliphatic heterocycles. The van der Waals surface area contributed by atoms with Crippen molar-refractivity contribution in [1.29, 1.82) is 0 Å². The van der Waals surface area contributed by atoms with E-state index in [1.54, 1.807) is 0 Å². The van der Waals surface area contributed by atoms with Gasteiger partial charge in [0.25, 0.3) is 0 Å². The van der Waals surface area contributed by atoms with Gasteiger partial charge in [-0.1, -0.05) is 30.3 Å². The summed E-state index contributed by atoms with van der Waals surface area (Å²) >= 11 is 0. The molecule has 4 heteroatoms. The van der Waals surface area contributed by atoms with Crippen molar-refractivity contribution in [2.24, 2.45) is 0 Å². The van der Waals surface area contributed by atoms with Crippen LogP contribution < -0.4 is 5.32 Å². The van der Waals surface area contributed by atoms with Crippen LogP contribution in [0.15, 0.2) is 42.9 Å². The molecule has 1 atom stereocenters. The van der Waals surface area contributed by atoms with Crippen LogP contribution >= 0.6 is 0 Å². The Bertz CT molecular complexity index is 489. The predicted molar refractivity (Wildman–Crippen MR) is 70.3 cm³/mol. The molecule has 18 heavy (non-hydrogen) atoms. The first kappa shape index (κ1) is 11.4. The quantitative estimate of drug-likeness (QED) is 0.888. The Labute approximate surface area is 107 Å². The van der Waals surface area contributed by atoms with E-state index in [1.165, 1.54) is 5.56 Å². The van der Waals surface area contributed by atoms with Gasteiger partial charge in [-0.05, 0) is 5.56 Å². The molecule has 0 radical (unpaired) electrons. The van der Waals surface area contributed by atoms with Gasteiger partial charge in [0.2, 0.25) is 0 Å². The van der Waals surface area contributed by atoms with E-state index in [-0.39, 0.29) is 6.10 Å². The van der Waals surface area contributed by atoms with Gasteiger partial charge in [0.1, 0.15) is 0 Å². The van der Waals surface area contributed by atoms with Crippen LogP contribution in [-0.4, -0.2) is 35.4 Å². The minimum atomic E-state index is 0.232. The Balaban J connectivity index is 1.79. The average Bonchev–Trinajstić information content (AvgIpc) is 2.89. The van der Waals surface area contributed by atoms with Crippen LogP contribution in [0.4, 0.5) is 0 Å². The van der Waals surface area contributed by atoms with Gasteiger partial charge in [0, 0.05) is 13.1 Å². The lowest BCUT2D eigenvalue weighted by Crippen LogP contribution is -2.40. The normalized spacial score (nSPS) is 19.9. The molecule has 4 nitrogen and oxygen atoms in total. The van der Waals surface area contributed by atoms with Crippen molar-refractivity contribution in [3.05, 3.63) is 42.9 Å². The second kappa shape index (κ2) is 5.33. The monoisotopic (exact) mass is 243 g/mol. The molecule has 1 aromatic heterocycles. The molecule has 1 aliphatic rings. The molecule has 94 valence electrons. The van der Waals surface area contributed by atoms with Gasteiger partial charge in [-0.25, -0.2) is 4.98 Å². The van der Waals surface area contributed by atoms with Gasteiger partial charge in [0.05, 0.1) is 37.5 Å². The van der Waals surface area contributed by atoms with Crippen molar-refractivity contribution in [2.45, 2.75) is 12.6 Å². The lowest BCUT2D eigenvalue weighted by atomic mass is 10.1. The van der Waals surface area contributed by atoms with Crippen LogP contribution in [0.5, 0.6) is 0 Å². The second-order valence-electron chi connectivity index (χ2n) is 4.49. The summed E-state index contributed by atoms with van der Waals surface area (Å²) < 4.78 is 7.89. The maximum atomic E-state index is 5.73. The molecule has 3 rings (SSSR count). The molecular weight excluding hydrogens is 226 g/mol. The molecule has 1 N–H and O–H groups in total. The van der Waals surface area contributed by atoms with E-state index < -0.39 is 0 Å². The topological polar surface area (TPSA) is 39.1 Å². The standard InChI is InChI=1S/C14H17N3O/c1-2-4-12(5-3-1)14-9-16-11-17(14)10-13-8-15-6-7-18-13/h1-5,9,11,13,15H,6-8,10H2. The van der Waals surface area contributed by atoms with E-state index in [0.717, 1.165) is 31.9 Å². The second-order valence-corrected chi connectivity index (χ2v) is 4.49. The van der Waals surface area contributed by atoms with Crippen molar-refractivity contribution in [1.82, 2.24) is 14.9 Å². The highest BCUT2D eigenvalue weighted by Crippen LogP contribution is 2.19. The molecule has 1 aromatic carbocycles. The summed E-state index contributed by atoms with van der Waals surface area (Å²) in [5.41, 5.74) is 2.34. The van der Waals surface area contributed by atoms with Gasteiger partial charge < -0.3 is 14.6 Å². The number of morpholine rings is 1. The summed E-state index contributed by atoms with van der Waals surface area (Å²) in [5, 5.41) is 3.35. The van der Waals surface area contributed by atoms with Crippen molar-refractivity contribution in [2.75, 3.05) is 19.7 Å². The minimum Gasteiger partial charge on any atom is -0.374 e. The molecule has 2 aromatic rings. The molecule has 0 spiro atoms. The molecule has 0 amide bonds. The highest BCUT2D eigenvalue weighted by Gasteiger charge is 2.15. The van der Waals surface area contributed by atoms with E-state index in [4.69, 9.17) is 4.74 Å². The summed E-state index contributed by atoms with van der Waals surface area (Å²) in [7, 11) is 0. The van der Waals surface area contributed by atoms with E-state index in [1.807, 2.05) is 30.7 Å². The van der Waals surface area contributed by atoms with E-state index in [2.05, 4.69) is 27.0 Å². The number of ether oxygens (including phenoxy) is 1. The first-order valence-corrected chi connectivity index (χ1v) is 6.31. The first-order valence-electron chi connectivity index (χ1n) is 6.31. The lowest BCUT2D eigenvalue weighted by Gasteiger charge is -2.24. The van der Waals surface area contributed by atoms with Crippen LogP contribution in [-0.2, 0) is 11.3 Å². The Hall–Kier alpha value is -1.65. The Morgan fingerprint density at radius 1 is 1.33 bits per heavy atom. The summed E-state index contributed by atoms with van der Waals surface area (Å²) in [6.07, 6.45) is 4.02. The number of imidazole rings is 1. The number of nitrogens with zero attached hydrogens (tertiary/aromatic N) is 2. The zero-order valence-corrected chi connectivity index (χ0v) is 10.2. The molecule has 1 unspecified atom stereocenters. The zero-order chi connectivity index (χ0) is 12.2. The van der Waals surface area contributed by atoms with Crippen LogP contribution in [0.3, 0.4) is 0 Å². The molecule has 2 heterocycles.